The van der Waals surface area contributed by atoms with Crippen LogP contribution in [-0.4, -0.2) is 17.0 Å². The number of non-ortho nitro benzene ring substituents is 1. The Balaban J connectivity index is 1.87. The summed E-state index contributed by atoms with van der Waals surface area (Å²) in [7, 11) is 0. The third kappa shape index (κ3) is 4.89. The molecule has 7 heteroatoms. The molecule has 0 spiro atoms. The fourth-order valence-electron chi connectivity index (χ4n) is 1.91. The van der Waals surface area contributed by atoms with Gasteiger partial charge in [-0.3, -0.25) is 14.9 Å². The van der Waals surface area contributed by atoms with Gasteiger partial charge in [0.1, 0.15) is 0 Å². The highest BCUT2D eigenvalue weighted by molar-refractivity contribution is 6.34. The number of carbonyl (C=O) groups is 1. The maximum Gasteiger partial charge on any atom is 0.272 e. The maximum atomic E-state index is 11.9. The zero-order valence-electron chi connectivity index (χ0n) is 12.1. The van der Waals surface area contributed by atoms with Crippen LogP contribution in [0.4, 0.5) is 5.69 Å². The van der Waals surface area contributed by atoms with Gasteiger partial charge >= 0.3 is 0 Å². The van der Waals surface area contributed by atoms with Crippen LogP contribution >= 0.6 is 11.6 Å². The van der Waals surface area contributed by atoms with Crippen LogP contribution < -0.4 is 5.43 Å². The molecule has 2 rings (SSSR count). The summed E-state index contributed by atoms with van der Waals surface area (Å²) in [6, 6.07) is 13.6. The van der Waals surface area contributed by atoms with E-state index in [1.807, 2.05) is 30.3 Å². The fourth-order valence-corrected chi connectivity index (χ4v) is 2.17. The highest BCUT2D eigenvalue weighted by Crippen LogP contribution is 2.22. The van der Waals surface area contributed by atoms with Gasteiger partial charge in [-0.2, -0.15) is 5.10 Å². The van der Waals surface area contributed by atoms with E-state index >= 15 is 0 Å². The number of nitrogens with zero attached hydrogens (tertiary/aromatic N) is 2. The van der Waals surface area contributed by atoms with Crippen molar-refractivity contribution in [3.05, 3.63) is 74.8 Å². The lowest BCUT2D eigenvalue weighted by atomic mass is 10.1. The van der Waals surface area contributed by atoms with E-state index in [0.29, 0.717) is 6.42 Å². The van der Waals surface area contributed by atoms with E-state index in [-0.39, 0.29) is 16.3 Å². The van der Waals surface area contributed by atoms with Crippen molar-refractivity contribution >= 4 is 29.4 Å². The van der Waals surface area contributed by atoms with Gasteiger partial charge in [0.25, 0.3) is 11.6 Å². The number of rotatable bonds is 6. The second kappa shape index (κ2) is 8.05. The highest BCUT2D eigenvalue weighted by atomic mass is 35.5. The average molecular weight is 332 g/mol. The Labute approximate surface area is 137 Å². The van der Waals surface area contributed by atoms with Crippen molar-refractivity contribution in [1.82, 2.24) is 5.43 Å². The van der Waals surface area contributed by atoms with Crippen molar-refractivity contribution in [3.63, 3.8) is 0 Å². The third-order valence-corrected chi connectivity index (χ3v) is 3.38. The third-order valence-electron chi connectivity index (χ3n) is 3.07. The summed E-state index contributed by atoms with van der Waals surface area (Å²) in [5, 5.41) is 14.5. The van der Waals surface area contributed by atoms with Crippen LogP contribution in [0.1, 0.15) is 22.3 Å². The molecule has 0 fully saturated rings. The van der Waals surface area contributed by atoms with Crippen LogP contribution in [0.5, 0.6) is 0 Å². The lowest BCUT2D eigenvalue weighted by molar-refractivity contribution is -0.384. The number of hydrogen-bond donors (Lipinski definition) is 1. The van der Waals surface area contributed by atoms with Gasteiger partial charge < -0.3 is 0 Å². The molecular weight excluding hydrogens is 318 g/mol. The normalized spacial score (nSPS) is 10.7. The molecule has 2 aromatic carbocycles. The van der Waals surface area contributed by atoms with Crippen molar-refractivity contribution < 1.29 is 9.72 Å². The maximum absolute atomic E-state index is 11.9. The van der Waals surface area contributed by atoms with Crippen LogP contribution in [0.25, 0.3) is 0 Å². The Bertz CT molecular complexity index is 733. The van der Waals surface area contributed by atoms with Gasteiger partial charge in [0.05, 0.1) is 15.5 Å². The number of aryl methyl sites for hydroxylation is 1. The first kappa shape index (κ1) is 16.6. The highest BCUT2D eigenvalue weighted by Gasteiger charge is 2.14. The summed E-state index contributed by atoms with van der Waals surface area (Å²) in [6.07, 6.45) is 3.10. The Morgan fingerprint density at radius 1 is 1.26 bits per heavy atom. The van der Waals surface area contributed by atoms with E-state index in [2.05, 4.69) is 10.5 Å². The Hall–Kier alpha value is -2.73. The van der Waals surface area contributed by atoms with Gasteiger partial charge in [-0.1, -0.05) is 41.9 Å². The molecule has 2 aromatic rings. The van der Waals surface area contributed by atoms with Gasteiger partial charge in [-0.15, -0.1) is 0 Å². The van der Waals surface area contributed by atoms with Gasteiger partial charge in [-0.25, -0.2) is 5.43 Å². The molecule has 0 saturated heterocycles. The summed E-state index contributed by atoms with van der Waals surface area (Å²) < 4.78 is 0. The number of halogens is 1. The van der Waals surface area contributed by atoms with Crippen molar-refractivity contribution in [2.75, 3.05) is 0 Å². The number of nitrogens with one attached hydrogen (secondary N) is 1. The van der Waals surface area contributed by atoms with Crippen molar-refractivity contribution in [2.24, 2.45) is 5.10 Å². The van der Waals surface area contributed by atoms with E-state index in [9.17, 15) is 14.9 Å². The minimum atomic E-state index is -0.574. The molecular formula is C16H14ClN3O3. The molecule has 0 saturated carbocycles. The molecule has 0 aliphatic rings. The van der Waals surface area contributed by atoms with Crippen LogP contribution in [0.15, 0.2) is 53.6 Å². The molecule has 1 N–H and O–H groups in total. The van der Waals surface area contributed by atoms with Crippen molar-refractivity contribution in [1.29, 1.82) is 0 Å². The van der Waals surface area contributed by atoms with E-state index in [1.54, 1.807) is 6.21 Å². The van der Waals surface area contributed by atoms with E-state index in [4.69, 9.17) is 11.6 Å². The SMILES string of the molecule is O=C(N/N=C\CCc1ccccc1)c1ccc([N+](=O)[O-])cc1Cl. The molecule has 0 bridgehead atoms. The Morgan fingerprint density at radius 3 is 2.65 bits per heavy atom. The Morgan fingerprint density at radius 2 is 2.00 bits per heavy atom. The number of amides is 1. The van der Waals surface area contributed by atoms with Crippen LogP contribution in [-0.2, 0) is 6.42 Å². The molecule has 118 valence electrons. The summed E-state index contributed by atoms with van der Waals surface area (Å²) in [5.41, 5.74) is 3.50. The molecule has 23 heavy (non-hydrogen) atoms. The standard InChI is InChI=1S/C16H14ClN3O3/c17-15-11-13(20(22)23)8-9-14(15)16(21)19-18-10-4-7-12-5-2-1-3-6-12/h1-3,5-6,8-11H,4,7H2,(H,19,21)/b18-10-. The molecule has 0 radical (unpaired) electrons. The smallest absolute Gasteiger partial charge is 0.267 e. The average Bonchev–Trinajstić information content (AvgIpc) is 2.55. The van der Waals surface area contributed by atoms with E-state index in [0.717, 1.165) is 12.5 Å². The first-order chi connectivity index (χ1) is 11.1. The quantitative estimate of drug-likeness (QED) is 0.498. The van der Waals surface area contributed by atoms with Gasteiger partial charge in [0.15, 0.2) is 0 Å². The summed E-state index contributed by atoms with van der Waals surface area (Å²) >= 11 is 5.87. The lowest BCUT2D eigenvalue weighted by Crippen LogP contribution is -2.18. The second-order valence-corrected chi connectivity index (χ2v) is 5.11. The largest absolute Gasteiger partial charge is 0.272 e. The summed E-state index contributed by atoms with van der Waals surface area (Å²) in [5.74, 6) is -0.513. The summed E-state index contributed by atoms with van der Waals surface area (Å²) in [6.45, 7) is 0. The number of nitro groups is 1. The van der Waals surface area contributed by atoms with E-state index in [1.165, 1.54) is 17.7 Å². The molecule has 0 aliphatic heterocycles. The number of hydrazone groups is 1. The molecule has 0 atom stereocenters. The number of carbonyl (C=O) groups excluding carboxylic acids is 1. The van der Waals surface area contributed by atoms with Crippen LogP contribution in [0.2, 0.25) is 5.02 Å². The van der Waals surface area contributed by atoms with Gasteiger partial charge in [0.2, 0.25) is 0 Å². The summed E-state index contributed by atoms with van der Waals surface area (Å²) in [4.78, 5) is 21.9. The lowest BCUT2D eigenvalue weighted by Gasteiger charge is -2.02. The van der Waals surface area contributed by atoms with Crippen molar-refractivity contribution in [2.45, 2.75) is 12.8 Å². The van der Waals surface area contributed by atoms with Crippen LogP contribution in [0, 0.1) is 10.1 Å². The molecule has 0 aliphatic carbocycles. The number of nitro benzene ring substituents is 1. The number of benzene rings is 2. The van der Waals surface area contributed by atoms with Crippen molar-refractivity contribution in [3.8, 4) is 0 Å². The molecule has 0 aromatic heterocycles. The monoisotopic (exact) mass is 331 g/mol. The van der Waals surface area contributed by atoms with Gasteiger partial charge in [0, 0.05) is 18.3 Å². The molecule has 6 nitrogen and oxygen atoms in total. The first-order valence-corrected chi connectivity index (χ1v) is 7.25. The zero-order chi connectivity index (χ0) is 16.7. The fraction of sp³-hybridized carbons (Fsp3) is 0.125. The minimum absolute atomic E-state index is 0.0104. The second-order valence-electron chi connectivity index (χ2n) is 4.70. The van der Waals surface area contributed by atoms with Crippen LogP contribution in [0.3, 0.4) is 0 Å². The first-order valence-electron chi connectivity index (χ1n) is 6.87. The van der Waals surface area contributed by atoms with E-state index < -0.39 is 10.8 Å². The molecule has 0 unspecified atom stereocenters. The zero-order valence-corrected chi connectivity index (χ0v) is 12.9. The predicted molar refractivity (Wildman–Crippen MR) is 88.8 cm³/mol. The topological polar surface area (TPSA) is 84.6 Å². The predicted octanol–water partition coefficient (Wildman–Crippen LogP) is 3.60. The minimum Gasteiger partial charge on any atom is -0.267 e. The Kier molecular flexibility index (Phi) is 5.82. The van der Waals surface area contributed by atoms with Gasteiger partial charge in [-0.05, 0) is 24.5 Å². The number of hydrogen-bond acceptors (Lipinski definition) is 4. The molecule has 0 heterocycles. The molecule has 1 amide bonds.